The minimum atomic E-state index is -1.83. The van der Waals surface area contributed by atoms with Gasteiger partial charge in [-0.05, 0) is 0 Å². The monoisotopic (exact) mass is 206 g/mol. The molecule has 0 unspecified atom stereocenters. The number of carboxylic acid groups (broad SMARTS) is 3. The summed E-state index contributed by atoms with van der Waals surface area (Å²) in [5.74, 6) is -0.833. The zero-order valence-corrected chi connectivity index (χ0v) is 4.16. The molecule has 0 aromatic rings. The van der Waals surface area contributed by atoms with Crippen molar-refractivity contribution in [2.75, 3.05) is 0 Å². The number of hydrogen-bond donors (Lipinski definition) is 3. The van der Waals surface area contributed by atoms with E-state index in [1.54, 1.807) is 0 Å². The van der Waals surface area contributed by atoms with Crippen LogP contribution in [0.5, 0.6) is 0 Å². The summed E-state index contributed by atoms with van der Waals surface area (Å²) in [7, 11) is 0. The van der Waals surface area contributed by atoms with Crippen LogP contribution in [0, 0.1) is 0 Å². The Morgan fingerprint density at radius 2 is 1.00 bits per heavy atom. The second-order valence-electron chi connectivity index (χ2n) is 0.802. The number of carboxylic acids is 1. The Balaban J connectivity index is -0.0000000300. The Hall–Kier alpha value is 1.26. The molecule has 0 aromatic heterocycles. The van der Waals surface area contributed by atoms with E-state index in [0.29, 0.717) is 0 Å². The quantitative estimate of drug-likeness (QED) is 0.418. The maximum atomic E-state index is 9.00. The van der Waals surface area contributed by atoms with Crippen LogP contribution in [0.3, 0.4) is 0 Å². The number of hydrogen-bond acceptors (Lipinski definition) is 2. The molecule has 7 heteroatoms. The molecule has 0 saturated carbocycles. The first-order chi connectivity index (χ1) is 3.46. The molecule has 0 aromatic carbocycles. The topological polar surface area (TPSA) is 94.8 Å². The van der Waals surface area contributed by atoms with E-state index in [-0.39, 0.29) is 75.5 Å². The number of rotatable bonds is 0. The third-order valence-corrected chi connectivity index (χ3v) is 0. The van der Waals surface area contributed by atoms with Crippen molar-refractivity contribution in [1.82, 2.24) is 0 Å². The number of aliphatic carboxylic acids is 1. The average Bonchev–Trinajstić information content (AvgIpc) is 1.25. The van der Waals surface area contributed by atoms with Crippen LogP contribution in [-0.4, -0.2) is 103 Å². The Morgan fingerprint density at radius 1 is 1.00 bits per heavy atom. The van der Waals surface area contributed by atoms with Crippen molar-refractivity contribution in [2.24, 2.45) is 0 Å². The van der Waals surface area contributed by atoms with Gasteiger partial charge in [-0.1, -0.05) is 0 Å². The molecule has 0 fully saturated rings. The van der Waals surface area contributed by atoms with Crippen LogP contribution in [0.15, 0.2) is 0 Å². The molecule has 0 bridgehead atoms. The van der Waals surface area contributed by atoms with Crippen LogP contribution in [0.2, 0.25) is 0 Å². The van der Waals surface area contributed by atoms with Gasteiger partial charge in [-0.25, -0.2) is 4.79 Å². The SMILES string of the molecule is CC(=O)O.O=C(O)O.[CaH2].[CaH2]. The Morgan fingerprint density at radius 3 is 1.00 bits per heavy atom. The summed E-state index contributed by atoms with van der Waals surface area (Å²) in [6, 6.07) is 0. The molecule has 0 amide bonds. The molecule has 0 spiro atoms. The standard InChI is InChI=1S/C2H4O2.CH2O3.2Ca.4H/c1-2(3)4;2-1(3)4;;;;;;/h1H3,(H,3,4);(H2,2,3,4);;;;;;. The van der Waals surface area contributed by atoms with Gasteiger partial charge in [0, 0.05) is 6.92 Å². The fourth-order valence-corrected chi connectivity index (χ4v) is 0. The second kappa shape index (κ2) is 16.7. The average molecular weight is 206 g/mol. The van der Waals surface area contributed by atoms with Crippen molar-refractivity contribution in [3.63, 3.8) is 0 Å². The maximum absolute atomic E-state index is 9.00. The van der Waals surface area contributed by atoms with E-state index in [1.165, 1.54) is 0 Å². The molecule has 0 radical (unpaired) electrons. The molecule has 0 rings (SSSR count). The summed E-state index contributed by atoms with van der Waals surface area (Å²) in [6.07, 6.45) is -1.83. The summed E-state index contributed by atoms with van der Waals surface area (Å²) in [5.41, 5.74) is 0. The first-order valence-electron chi connectivity index (χ1n) is 1.58. The van der Waals surface area contributed by atoms with Crippen LogP contribution in [-0.2, 0) is 4.79 Å². The zero-order valence-electron chi connectivity index (χ0n) is 4.16. The fraction of sp³-hybridized carbons (Fsp3) is 0.333. The van der Waals surface area contributed by atoms with Crippen LogP contribution in [0.1, 0.15) is 6.92 Å². The normalized spacial score (nSPS) is 4.90. The molecule has 0 heterocycles. The first-order valence-corrected chi connectivity index (χ1v) is 1.58. The van der Waals surface area contributed by atoms with Crippen molar-refractivity contribution in [2.45, 2.75) is 6.92 Å². The van der Waals surface area contributed by atoms with E-state index in [0.717, 1.165) is 6.92 Å². The molecule has 56 valence electrons. The van der Waals surface area contributed by atoms with E-state index in [2.05, 4.69) is 0 Å². The first kappa shape index (κ1) is 22.5. The minimum absolute atomic E-state index is 0. The fourth-order valence-electron chi connectivity index (χ4n) is 0. The number of carbonyl (C=O) groups is 2. The molecule has 3 N–H and O–H groups in total. The van der Waals surface area contributed by atoms with E-state index in [1.807, 2.05) is 0 Å². The van der Waals surface area contributed by atoms with Gasteiger partial charge in [0.15, 0.2) is 0 Å². The molecule has 0 atom stereocenters. The summed E-state index contributed by atoms with van der Waals surface area (Å²) in [5, 5.41) is 21.4. The van der Waals surface area contributed by atoms with Gasteiger partial charge in [-0.2, -0.15) is 0 Å². The molecule has 0 saturated heterocycles. The van der Waals surface area contributed by atoms with E-state index in [4.69, 9.17) is 24.9 Å². The molecular formula is C3H10Ca2O5. The molecule has 0 aliphatic rings. The van der Waals surface area contributed by atoms with Gasteiger partial charge in [0.2, 0.25) is 0 Å². The third-order valence-electron chi connectivity index (χ3n) is 0. The summed E-state index contributed by atoms with van der Waals surface area (Å²) < 4.78 is 0. The Kier molecular flexibility index (Phi) is 37.5. The van der Waals surface area contributed by atoms with Crippen LogP contribution in [0.25, 0.3) is 0 Å². The van der Waals surface area contributed by atoms with Crippen molar-refractivity contribution >= 4 is 87.6 Å². The molecule has 0 aliphatic heterocycles. The summed E-state index contributed by atoms with van der Waals surface area (Å²) in [6.45, 7) is 1.08. The summed E-state index contributed by atoms with van der Waals surface area (Å²) >= 11 is 0. The third kappa shape index (κ3) is 398. The molecule has 5 nitrogen and oxygen atoms in total. The van der Waals surface area contributed by atoms with E-state index < -0.39 is 12.1 Å². The molecule has 0 aliphatic carbocycles. The van der Waals surface area contributed by atoms with Gasteiger partial charge in [0.05, 0.1) is 0 Å². The van der Waals surface area contributed by atoms with Crippen LogP contribution in [0.4, 0.5) is 4.79 Å². The van der Waals surface area contributed by atoms with Crippen molar-refractivity contribution < 1.29 is 24.9 Å². The van der Waals surface area contributed by atoms with Crippen molar-refractivity contribution in [3.8, 4) is 0 Å². The van der Waals surface area contributed by atoms with Crippen molar-refractivity contribution in [3.05, 3.63) is 0 Å². The van der Waals surface area contributed by atoms with Gasteiger partial charge in [-0.15, -0.1) is 0 Å². The zero-order chi connectivity index (χ0) is 7.15. The van der Waals surface area contributed by atoms with Crippen molar-refractivity contribution in [1.29, 1.82) is 0 Å². The van der Waals surface area contributed by atoms with Crippen LogP contribution < -0.4 is 0 Å². The van der Waals surface area contributed by atoms with Gasteiger partial charge >= 0.3 is 81.6 Å². The molecular weight excluding hydrogens is 196 g/mol. The Labute approximate surface area is 117 Å². The van der Waals surface area contributed by atoms with E-state index in [9.17, 15) is 0 Å². The van der Waals surface area contributed by atoms with Gasteiger partial charge in [-0.3, -0.25) is 4.79 Å². The summed E-state index contributed by atoms with van der Waals surface area (Å²) in [4.78, 5) is 17.6. The molecule has 10 heavy (non-hydrogen) atoms. The Bertz CT molecular complexity index is 72.9. The second-order valence-corrected chi connectivity index (χ2v) is 0.802. The van der Waals surface area contributed by atoms with Crippen LogP contribution >= 0.6 is 0 Å². The van der Waals surface area contributed by atoms with Gasteiger partial charge in [0.25, 0.3) is 5.97 Å². The predicted octanol–water partition coefficient (Wildman–Crippen LogP) is -1.52. The van der Waals surface area contributed by atoms with Gasteiger partial charge in [0.1, 0.15) is 0 Å². The van der Waals surface area contributed by atoms with E-state index >= 15 is 0 Å². The van der Waals surface area contributed by atoms with Gasteiger partial charge < -0.3 is 15.3 Å². The predicted molar refractivity (Wildman–Crippen MR) is 41.1 cm³/mol.